The summed E-state index contributed by atoms with van der Waals surface area (Å²) in [5.74, 6) is -45.2. The van der Waals surface area contributed by atoms with Crippen LogP contribution in [0, 0.1) is 108 Å². The van der Waals surface area contributed by atoms with Gasteiger partial charge in [-0.15, -0.1) is 0 Å². The molecule has 0 N–H and O–H groups in total. The molecule has 0 heterocycles. The van der Waals surface area contributed by atoms with Crippen LogP contribution < -0.4 is 32.8 Å². The van der Waals surface area contributed by atoms with Crippen LogP contribution in [-0.2, 0) is 0 Å². The molecule has 0 nitrogen and oxygen atoms in total. The largest absolute Gasteiger partial charge is 0.265 e. The molecule has 56 heavy (non-hydrogen) atoms. The van der Waals surface area contributed by atoms with Crippen LogP contribution >= 0.6 is 0 Å². The van der Waals surface area contributed by atoms with Crippen molar-refractivity contribution in [2.45, 2.75) is 20.8 Å². The van der Waals surface area contributed by atoms with Gasteiger partial charge in [-0.05, 0) is 20.8 Å². The number of halogens is 15. The van der Waals surface area contributed by atoms with Crippen molar-refractivity contribution in [3.63, 3.8) is 0 Å². The Labute approximate surface area is 309 Å². The molecule has 0 spiro atoms. The summed E-state index contributed by atoms with van der Waals surface area (Å²) in [6.07, 6.45) is 0. The summed E-state index contributed by atoms with van der Waals surface area (Å²) >= 11 is 0. The van der Waals surface area contributed by atoms with Crippen molar-refractivity contribution in [2.24, 2.45) is 0 Å². The Morgan fingerprint density at radius 2 is 0.429 bits per heavy atom. The van der Waals surface area contributed by atoms with Crippen LogP contribution in [0.2, 0.25) is 0 Å². The summed E-state index contributed by atoms with van der Waals surface area (Å²) in [6.45, 7) is 2.96. The first-order valence-corrected chi connectivity index (χ1v) is 16.0. The lowest BCUT2D eigenvalue weighted by Crippen LogP contribution is -2.60. The average molecular weight is 796 g/mol. The molecule has 0 bridgehead atoms. The van der Waals surface area contributed by atoms with Crippen molar-refractivity contribution in [3.05, 3.63) is 177 Å². The molecule has 0 saturated heterocycles. The summed E-state index contributed by atoms with van der Waals surface area (Å²) in [5.41, 5.74) is 0.189. The van der Waals surface area contributed by atoms with E-state index in [0.29, 0.717) is 6.71 Å². The van der Waals surface area contributed by atoms with Crippen LogP contribution in [-0.4, -0.2) is 13.4 Å². The minimum absolute atomic E-state index is 0.295. The molecule has 0 aliphatic heterocycles. The van der Waals surface area contributed by atoms with E-state index >= 15 is 0 Å². The molecule has 0 aliphatic rings. The molecule has 0 fully saturated rings. The third kappa shape index (κ3) is 7.14. The molecule has 0 radical (unpaired) electrons. The molecule has 0 aliphatic carbocycles. The van der Waals surface area contributed by atoms with Gasteiger partial charge in [-0.25, -0.2) is 65.9 Å². The second-order valence-corrected chi connectivity index (χ2v) is 12.4. The molecule has 0 amide bonds. The first kappa shape index (κ1) is 41.6. The van der Waals surface area contributed by atoms with Gasteiger partial charge in [0, 0.05) is 16.4 Å². The fourth-order valence-corrected chi connectivity index (χ4v) is 6.29. The average Bonchev–Trinajstić information content (AvgIpc) is 3.18. The quantitative estimate of drug-likeness (QED) is 0.0714. The highest BCUT2D eigenvalue weighted by Gasteiger charge is 2.45. The molecular weight excluding hydrogens is 775 g/mol. The molecule has 6 aromatic rings. The van der Waals surface area contributed by atoms with Gasteiger partial charge in [0.2, 0.25) is 6.71 Å². The predicted octanol–water partition coefficient (Wildman–Crippen LogP) is 7.42. The lowest BCUT2D eigenvalue weighted by atomic mass is 9.35. The van der Waals surface area contributed by atoms with Gasteiger partial charge in [0.25, 0.3) is 6.71 Å². The maximum Gasteiger partial charge on any atom is 0.265 e. The van der Waals surface area contributed by atoms with Crippen molar-refractivity contribution in [1.29, 1.82) is 0 Å². The third-order valence-corrected chi connectivity index (χ3v) is 9.10. The van der Waals surface area contributed by atoms with Gasteiger partial charge in [0.15, 0.2) is 87.3 Å². The zero-order valence-electron chi connectivity index (χ0n) is 28.8. The number of rotatable bonds is 6. The SMILES string of the molecule is Cc1ccccc1B(c1ccccc1C)c1ccccc1C.Fc1c(F)c(F)c(B(c2c(F)c(F)c(F)c(F)c2F)c2c(F)c(F)c(F)c(F)c2F)c(F)c1F. The second kappa shape index (κ2) is 16.2. The van der Waals surface area contributed by atoms with Gasteiger partial charge in [0.1, 0.15) is 0 Å². The van der Waals surface area contributed by atoms with Crippen molar-refractivity contribution >= 4 is 46.2 Å². The maximum absolute atomic E-state index is 14.4. The topological polar surface area (TPSA) is 0 Å². The third-order valence-electron chi connectivity index (χ3n) is 9.10. The van der Waals surface area contributed by atoms with Crippen LogP contribution in [0.15, 0.2) is 72.8 Å². The number of hydrogen-bond donors (Lipinski definition) is 0. The lowest BCUT2D eigenvalue weighted by Gasteiger charge is -2.21. The van der Waals surface area contributed by atoms with Crippen molar-refractivity contribution in [1.82, 2.24) is 0 Å². The molecule has 0 aromatic heterocycles. The van der Waals surface area contributed by atoms with E-state index in [-0.39, 0.29) is 0 Å². The highest BCUT2D eigenvalue weighted by atomic mass is 19.2. The van der Waals surface area contributed by atoms with Crippen molar-refractivity contribution in [2.75, 3.05) is 0 Å². The molecule has 6 rings (SSSR count). The fourth-order valence-electron chi connectivity index (χ4n) is 6.29. The Morgan fingerprint density at radius 1 is 0.250 bits per heavy atom. The van der Waals surface area contributed by atoms with Crippen molar-refractivity contribution < 1.29 is 65.9 Å². The minimum Gasteiger partial charge on any atom is -0.204 e. The normalized spacial score (nSPS) is 11.0. The van der Waals surface area contributed by atoms with E-state index < -0.39 is 110 Å². The summed E-state index contributed by atoms with van der Waals surface area (Å²) < 4.78 is 209. The van der Waals surface area contributed by atoms with Gasteiger partial charge in [-0.3, -0.25) is 0 Å². The van der Waals surface area contributed by atoms with Crippen LogP contribution in [0.4, 0.5) is 65.9 Å². The Morgan fingerprint density at radius 3 is 0.625 bits per heavy atom. The number of benzene rings is 6. The van der Waals surface area contributed by atoms with Crippen LogP contribution in [0.1, 0.15) is 16.7 Å². The Bertz CT molecular complexity index is 2140. The molecule has 288 valence electrons. The predicted molar refractivity (Wildman–Crippen MR) is 182 cm³/mol. The fraction of sp³-hybridized carbons (Fsp3) is 0.0769. The van der Waals surface area contributed by atoms with Gasteiger partial charge >= 0.3 is 0 Å². The molecule has 17 heteroatoms. The molecule has 0 atom stereocenters. The van der Waals surface area contributed by atoms with E-state index in [1.807, 2.05) is 0 Å². The second-order valence-electron chi connectivity index (χ2n) is 12.4. The summed E-state index contributed by atoms with van der Waals surface area (Å²) in [6, 6.07) is 26.2. The van der Waals surface area contributed by atoms with E-state index in [4.69, 9.17) is 0 Å². The maximum atomic E-state index is 14.4. The Kier molecular flexibility index (Phi) is 12.1. The van der Waals surface area contributed by atoms with Gasteiger partial charge in [-0.2, -0.15) is 0 Å². The highest BCUT2D eigenvalue weighted by molar-refractivity contribution is 6.96. The van der Waals surface area contributed by atoms with Gasteiger partial charge < -0.3 is 0 Å². The standard InChI is InChI=1S/C21H21B.C18BF15/c1-16-10-4-7-13-19(16)22(20-14-8-5-11-17(20)2)21-15-9-6-12-18(21)3;20-4-1(5(21)11(27)16(32)10(4)26)19(2-6(22)12(28)17(33)13(29)7(2)23)3-8(24)14(30)18(34)15(31)9(3)25/h4-15H,1-3H3;. The van der Waals surface area contributed by atoms with E-state index in [9.17, 15) is 65.9 Å². The van der Waals surface area contributed by atoms with Crippen LogP contribution in [0.25, 0.3) is 0 Å². The van der Waals surface area contributed by atoms with E-state index in [0.717, 1.165) is 0 Å². The van der Waals surface area contributed by atoms with E-state index in [2.05, 4.69) is 93.6 Å². The molecule has 0 saturated carbocycles. The molecular formula is C39H21B2F15. The highest BCUT2D eigenvalue weighted by Crippen LogP contribution is 2.23. The number of aryl methyl sites for hydroxylation is 3. The summed E-state index contributed by atoms with van der Waals surface area (Å²) in [5, 5.41) is 0. The molecule has 0 unspecified atom stereocenters. The summed E-state index contributed by atoms with van der Waals surface area (Å²) in [4.78, 5) is 0. The van der Waals surface area contributed by atoms with Crippen LogP contribution in [0.3, 0.4) is 0 Å². The van der Waals surface area contributed by atoms with E-state index in [1.165, 1.54) is 33.1 Å². The first-order chi connectivity index (χ1) is 26.3. The minimum atomic E-state index is -3.96. The van der Waals surface area contributed by atoms with Gasteiger partial charge in [0.05, 0.1) is 0 Å². The zero-order valence-corrected chi connectivity index (χ0v) is 28.8. The Balaban J connectivity index is 0.000000234. The first-order valence-electron chi connectivity index (χ1n) is 16.0. The van der Waals surface area contributed by atoms with Gasteiger partial charge in [-0.1, -0.05) is 106 Å². The van der Waals surface area contributed by atoms with Crippen LogP contribution in [0.5, 0.6) is 0 Å². The monoisotopic (exact) mass is 796 g/mol. The zero-order chi connectivity index (χ0) is 41.5. The van der Waals surface area contributed by atoms with Crippen molar-refractivity contribution in [3.8, 4) is 0 Å². The van der Waals surface area contributed by atoms with E-state index in [1.54, 1.807) is 0 Å². The lowest BCUT2D eigenvalue weighted by molar-refractivity contribution is 0.380. The summed E-state index contributed by atoms with van der Waals surface area (Å²) in [7, 11) is 0. The molecule has 6 aromatic carbocycles. The Hall–Kier alpha value is -5.60. The number of hydrogen-bond acceptors (Lipinski definition) is 0. The smallest absolute Gasteiger partial charge is 0.204 e.